The Bertz CT molecular complexity index is 1070. The molecular formula is C21H19N3OS2. The predicted molar refractivity (Wildman–Crippen MR) is 113 cm³/mol. The number of rotatable bonds is 5. The summed E-state index contributed by atoms with van der Waals surface area (Å²) in [5.74, 6) is 0.0385. The van der Waals surface area contributed by atoms with Crippen molar-refractivity contribution in [2.45, 2.75) is 26.8 Å². The average Bonchev–Trinajstić information content (AvgIpc) is 3.30. The molecule has 0 N–H and O–H groups in total. The lowest BCUT2D eigenvalue weighted by molar-refractivity contribution is -0.118. The number of nitrogens with zero attached hydrogens (tertiary/aromatic N) is 3. The van der Waals surface area contributed by atoms with Crippen LogP contribution in [0.3, 0.4) is 0 Å². The van der Waals surface area contributed by atoms with Gasteiger partial charge in [0, 0.05) is 11.1 Å². The Morgan fingerprint density at radius 3 is 2.78 bits per heavy atom. The van der Waals surface area contributed by atoms with E-state index in [1.165, 1.54) is 11.1 Å². The van der Waals surface area contributed by atoms with Gasteiger partial charge in [-0.05, 0) is 54.6 Å². The average molecular weight is 394 g/mol. The van der Waals surface area contributed by atoms with E-state index < -0.39 is 0 Å². The highest BCUT2D eigenvalue weighted by atomic mass is 32.1. The Balaban J connectivity index is 1.72. The second-order valence-electron chi connectivity index (χ2n) is 6.48. The van der Waals surface area contributed by atoms with Crippen molar-refractivity contribution in [1.82, 2.24) is 9.97 Å². The van der Waals surface area contributed by atoms with Crippen LogP contribution in [0.15, 0.2) is 54.0 Å². The van der Waals surface area contributed by atoms with Crippen molar-refractivity contribution < 1.29 is 4.79 Å². The minimum absolute atomic E-state index is 0.0385. The highest BCUT2D eigenvalue weighted by Crippen LogP contribution is 2.33. The van der Waals surface area contributed by atoms with Crippen LogP contribution in [-0.2, 0) is 17.8 Å². The highest BCUT2D eigenvalue weighted by molar-refractivity contribution is 7.22. The van der Waals surface area contributed by atoms with Gasteiger partial charge in [0.15, 0.2) is 5.13 Å². The SMILES string of the molecule is Cc1cc(C)c2sc(N(Cc3ccccn3)C(=O)Cc3cccs3)nc2c1. The number of hydrogen-bond acceptors (Lipinski definition) is 5. The second-order valence-corrected chi connectivity index (χ2v) is 8.49. The summed E-state index contributed by atoms with van der Waals surface area (Å²) >= 11 is 3.17. The molecule has 0 atom stereocenters. The number of hydrogen-bond donors (Lipinski definition) is 0. The molecule has 0 aliphatic heterocycles. The molecule has 27 heavy (non-hydrogen) atoms. The number of carbonyl (C=O) groups is 1. The molecule has 0 spiro atoms. The summed E-state index contributed by atoms with van der Waals surface area (Å²) < 4.78 is 1.13. The van der Waals surface area contributed by atoms with Gasteiger partial charge >= 0.3 is 0 Å². The summed E-state index contributed by atoms with van der Waals surface area (Å²) in [6.07, 6.45) is 2.13. The summed E-state index contributed by atoms with van der Waals surface area (Å²) in [5.41, 5.74) is 4.17. The minimum Gasteiger partial charge on any atom is -0.282 e. The fourth-order valence-corrected chi connectivity index (χ4v) is 4.78. The first-order chi connectivity index (χ1) is 13.1. The smallest absolute Gasteiger partial charge is 0.234 e. The van der Waals surface area contributed by atoms with Crippen molar-refractivity contribution in [2.75, 3.05) is 4.90 Å². The Kier molecular flexibility index (Phi) is 5.01. The summed E-state index contributed by atoms with van der Waals surface area (Å²) in [4.78, 5) is 25.1. The number of amides is 1. The van der Waals surface area contributed by atoms with Crippen molar-refractivity contribution in [3.05, 3.63) is 75.7 Å². The summed E-state index contributed by atoms with van der Waals surface area (Å²) in [5, 5.41) is 2.72. The van der Waals surface area contributed by atoms with Crippen LogP contribution in [-0.4, -0.2) is 15.9 Å². The number of carbonyl (C=O) groups excluding carboxylic acids is 1. The zero-order valence-electron chi connectivity index (χ0n) is 15.2. The van der Waals surface area contributed by atoms with Crippen LogP contribution >= 0.6 is 22.7 Å². The van der Waals surface area contributed by atoms with Gasteiger partial charge in [-0.15, -0.1) is 11.3 Å². The van der Waals surface area contributed by atoms with Gasteiger partial charge in [0.05, 0.1) is 28.9 Å². The molecule has 4 rings (SSSR count). The van der Waals surface area contributed by atoms with Crippen LogP contribution in [0.4, 0.5) is 5.13 Å². The van der Waals surface area contributed by atoms with Crippen LogP contribution in [0, 0.1) is 13.8 Å². The van der Waals surface area contributed by atoms with Crippen LogP contribution in [0.25, 0.3) is 10.2 Å². The van der Waals surface area contributed by atoms with Crippen molar-refractivity contribution in [2.24, 2.45) is 0 Å². The summed E-state index contributed by atoms with van der Waals surface area (Å²) in [6.45, 7) is 4.58. The topological polar surface area (TPSA) is 46.1 Å². The van der Waals surface area contributed by atoms with Crippen LogP contribution < -0.4 is 4.90 Å². The zero-order valence-corrected chi connectivity index (χ0v) is 16.8. The van der Waals surface area contributed by atoms with E-state index >= 15 is 0 Å². The molecule has 0 saturated heterocycles. The molecule has 0 aliphatic carbocycles. The van der Waals surface area contributed by atoms with E-state index in [0.29, 0.717) is 13.0 Å². The third-order valence-electron chi connectivity index (χ3n) is 4.29. The minimum atomic E-state index is 0.0385. The second kappa shape index (κ2) is 7.58. The van der Waals surface area contributed by atoms with Crippen LogP contribution in [0.5, 0.6) is 0 Å². The number of aromatic nitrogens is 2. The number of anilines is 1. The molecule has 0 bridgehead atoms. The van der Waals surface area contributed by atoms with Crippen LogP contribution in [0.2, 0.25) is 0 Å². The molecule has 0 radical (unpaired) electrons. The van der Waals surface area contributed by atoms with Gasteiger partial charge in [0.25, 0.3) is 0 Å². The van der Waals surface area contributed by atoms with E-state index in [1.807, 2.05) is 35.7 Å². The van der Waals surface area contributed by atoms with E-state index in [9.17, 15) is 4.79 Å². The largest absolute Gasteiger partial charge is 0.282 e. The number of aryl methyl sites for hydroxylation is 2. The first-order valence-electron chi connectivity index (χ1n) is 8.70. The quantitative estimate of drug-likeness (QED) is 0.471. The van der Waals surface area contributed by atoms with Crippen LogP contribution in [0.1, 0.15) is 21.7 Å². The molecule has 136 valence electrons. The Hall–Kier alpha value is -2.57. The molecule has 0 unspecified atom stereocenters. The number of thiophene rings is 1. The molecule has 0 saturated carbocycles. The van der Waals surface area contributed by atoms with Gasteiger partial charge in [-0.2, -0.15) is 0 Å². The Morgan fingerprint density at radius 1 is 1.15 bits per heavy atom. The van der Waals surface area contributed by atoms with Gasteiger partial charge in [-0.3, -0.25) is 14.7 Å². The Morgan fingerprint density at radius 2 is 2.04 bits per heavy atom. The number of fused-ring (bicyclic) bond motifs is 1. The van der Waals surface area contributed by atoms with Gasteiger partial charge in [-0.1, -0.05) is 29.5 Å². The maximum Gasteiger partial charge on any atom is 0.234 e. The number of pyridine rings is 1. The third kappa shape index (κ3) is 3.91. The maximum atomic E-state index is 13.1. The van der Waals surface area contributed by atoms with E-state index in [1.54, 1.807) is 33.8 Å². The molecule has 1 amide bonds. The third-order valence-corrected chi connectivity index (χ3v) is 6.40. The first kappa shape index (κ1) is 17.8. The lowest BCUT2D eigenvalue weighted by Gasteiger charge is -2.19. The molecule has 3 heterocycles. The summed E-state index contributed by atoms with van der Waals surface area (Å²) in [6, 6.07) is 14.0. The predicted octanol–water partition coefficient (Wildman–Crippen LogP) is 5.15. The highest BCUT2D eigenvalue weighted by Gasteiger charge is 2.22. The zero-order chi connectivity index (χ0) is 18.8. The van der Waals surface area contributed by atoms with E-state index in [2.05, 4.69) is 31.0 Å². The molecule has 4 nitrogen and oxygen atoms in total. The monoisotopic (exact) mass is 393 g/mol. The van der Waals surface area contributed by atoms with Gasteiger partial charge in [0.1, 0.15) is 0 Å². The summed E-state index contributed by atoms with van der Waals surface area (Å²) in [7, 11) is 0. The van der Waals surface area contributed by atoms with Gasteiger partial charge in [-0.25, -0.2) is 4.98 Å². The number of thiazole rings is 1. The molecule has 0 aliphatic rings. The van der Waals surface area contributed by atoms with E-state index in [-0.39, 0.29) is 5.91 Å². The standard InChI is InChI=1S/C21H19N3OS2/c1-14-10-15(2)20-18(11-14)23-21(27-20)24(13-16-6-3-4-8-22-16)19(25)12-17-7-5-9-26-17/h3-11H,12-13H2,1-2H3. The fraction of sp³-hybridized carbons (Fsp3) is 0.190. The molecular weight excluding hydrogens is 374 g/mol. The molecule has 3 aromatic heterocycles. The van der Waals surface area contributed by atoms with Crippen molar-refractivity contribution in [3.63, 3.8) is 0 Å². The molecule has 4 aromatic rings. The van der Waals surface area contributed by atoms with Crippen molar-refractivity contribution in [1.29, 1.82) is 0 Å². The maximum absolute atomic E-state index is 13.1. The van der Waals surface area contributed by atoms with Gasteiger partial charge in [0.2, 0.25) is 5.91 Å². The lowest BCUT2D eigenvalue weighted by Crippen LogP contribution is -2.31. The first-order valence-corrected chi connectivity index (χ1v) is 10.4. The lowest BCUT2D eigenvalue weighted by atomic mass is 10.1. The molecule has 0 fully saturated rings. The van der Waals surface area contributed by atoms with Gasteiger partial charge < -0.3 is 0 Å². The van der Waals surface area contributed by atoms with Crippen molar-refractivity contribution >= 4 is 43.9 Å². The van der Waals surface area contributed by atoms with Crippen molar-refractivity contribution in [3.8, 4) is 0 Å². The normalized spacial score (nSPS) is 11.0. The number of benzene rings is 1. The Labute approximate surface area is 166 Å². The fourth-order valence-electron chi connectivity index (χ4n) is 3.05. The molecule has 1 aromatic carbocycles. The van der Waals surface area contributed by atoms with E-state index in [0.717, 1.165) is 25.9 Å². The van der Waals surface area contributed by atoms with E-state index in [4.69, 9.17) is 4.98 Å². The molecule has 6 heteroatoms.